The maximum Gasteiger partial charge on any atom is 0.0951 e. The highest BCUT2D eigenvalue weighted by molar-refractivity contribution is 7.09. The number of thiazole rings is 1. The molecule has 21 heavy (non-hydrogen) atoms. The van der Waals surface area contributed by atoms with Crippen LogP contribution < -0.4 is 5.73 Å². The fraction of sp³-hybridized carbons (Fsp3) is 0.500. The lowest BCUT2D eigenvalue weighted by Gasteiger charge is -2.41. The first-order valence-corrected chi connectivity index (χ1v) is 8.73. The average molecular weight is 300 g/mol. The van der Waals surface area contributed by atoms with Gasteiger partial charge in [0.25, 0.3) is 0 Å². The monoisotopic (exact) mass is 300 g/mol. The van der Waals surface area contributed by atoms with Crippen molar-refractivity contribution in [2.24, 2.45) is 17.6 Å². The normalized spacial score (nSPS) is 29.5. The summed E-state index contributed by atoms with van der Waals surface area (Å²) in [6.07, 6.45) is 4.53. The number of nitrogens with two attached hydrogens (primary N) is 1. The summed E-state index contributed by atoms with van der Waals surface area (Å²) in [4.78, 5) is 4.81. The van der Waals surface area contributed by atoms with E-state index in [1.807, 2.05) is 6.07 Å². The van der Waals surface area contributed by atoms with Gasteiger partial charge in [0.15, 0.2) is 0 Å². The van der Waals surface area contributed by atoms with Crippen molar-refractivity contribution in [2.45, 2.75) is 45.1 Å². The van der Waals surface area contributed by atoms with Crippen molar-refractivity contribution >= 4 is 11.3 Å². The Hall–Kier alpha value is -1.19. The Labute approximate surface area is 131 Å². The molecular formula is C18H24N2S. The molecule has 3 unspecified atom stereocenters. The van der Waals surface area contributed by atoms with Gasteiger partial charge in [-0.15, -0.1) is 11.3 Å². The van der Waals surface area contributed by atoms with Gasteiger partial charge in [0, 0.05) is 22.9 Å². The smallest absolute Gasteiger partial charge is 0.0951 e. The molecule has 2 N–H and O–H groups in total. The van der Waals surface area contributed by atoms with Crippen LogP contribution in [0.25, 0.3) is 11.3 Å². The van der Waals surface area contributed by atoms with Crippen molar-refractivity contribution in [2.75, 3.05) is 0 Å². The van der Waals surface area contributed by atoms with Crippen molar-refractivity contribution < 1.29 is 0 Å². The third-order valence-electron chi connectivity index (χ3n) is 4.94. The van der Waals surface area contributed by atoms with Crippen LogP contribution in [-0.2, 0) is 6.42 Å². The molecule has 0 saturated heterocycles. The van der Waals surface area contributed by atoms with E-state index in [9.17, 15) is 0 Å². The van der Waals surface area contributed by atoms with Gasteiger partial charge in [-0.25, -0.2) is 4.98 Å². The van der Waals surface area contributed by atoms with E-state index < -0.39 is 0 Å². The quantitative estimate of drug-likeness (QED) is 0.906. The predicted octanol–water partition coefficient (Wildman–Crippen LogP) is 4.51. The maximum atomic E-state index is 6.71. The zero-order valence-electron chi connectivity index (χ0n) is 12.9. The van der Waals surface area contributed by atoms with Crippen LogP contribution in [-0.4, -0.2) is 10.5 Å². The van der Waals surface area contributed by atoms with Crippen molar-refractivity contribution in [3.63, 3.8) is 0 Å². The third-order valence-corrected chi connectivity index (χ3v) is 5.79. The molecule has 1 aromatic heterocycles. The number of aromatic nitrogens is 1. The van der Waals surface area contributed by atoms with Crippen LogP contribution in [0.15, 0.2) is 35.7 Å². The Morgan fingerprint density at radius 1 is 1.29 bits per heavy atom. The van der Waals surface area contributed by atoms with Crippen LogP contribution in [0.4, 0.5) is 0 Å². The standard InChI is InChI=1S/C18H24N2S/c1-13-8-9-18(19,14(2)10-13)11-17-20-16(12-21-17)15-6-4-3-5-7-15/h3-7,12-14H,8-11,19H2,1-2H3. The molecule has 0 amide bonds. The van der Waals surface area contributed by atoms with Crippen molar-refractivity contribution in [1.29, 1.82) is 0 Å². The van der Waals surface area contributed by atoms with Crippen molar-refractivity contribution in [3.8, 4) is 11.3 Å². The van der Waals surface area contributed by atoms with Gasteiger partial charge in [0.2, 0.25) is 0 Å². The molecule has 3 rings (SSSR count). The van der Waals surface area contributed by atoms with Crippen LogP contribution in [0.3, 0.4) is 0 Å². The summed E-state index contributed by atoms with van der Waals surface area (Å²) in [5, 5.41) is 3.34. The van der Waals surface area contributed by atoms with Crippen LogP contribution in [0.5, 0.6) is 0 Å². The Morgan fingerprint density at radius 3 is 2.76 bits per heavy atom. The van der Waals surface area contributed by atoms with Gasteiger partial charge in [-0.05, 0) is 31.1 Å². The zero-order chi connectivity index (χ0) is 14.9. The number of rotatable bonds is 3. The predicted molar refractivity (Wildman–Crippen MR) is 90.4 cm³/mol. The summed E-state index contributed by atoms with van der Waals surface area (Å²) in [6, 6.07) is 10.4. The highest BCUT2D eigenvalue weighted by Crippen LogP contribution is 2.38. The van der Waals surface area contributed by atoms with Gasteiger partial charge in [-0.1, -0.05) is 44.2 Å². The molecule has 3 atom stereocenters. The Bertz CT molecular complexity index is 592. The lowest BCUT2D eigenvalue weighted by atomic mass is 9.69. The largest absolute Gasteiger partial charge is 0.324 e. The molecular weight excluding hydrogens is 276 g/mol. The van der Waals surface area contributed by atoms with Crippen LogP contribution in [0.2, 0.25) is 0 Å². The van der Waals surface area contributed by atoms with Gasteiger partial charge in [-0.3, -0.25) is 0 Å². The Balaban J connectivity index is 1.75. The number of hydrogen-bond donors (Lipinski definition) is 1. The lowest BCUT2D eigenvalue weighted by molar-refractivity contribution is 0.163. The molecule has 1 aliphatic rings. The van der Waals surface area contributed by atoms with Gasteiger partial charge < -0.3 is 5.73 Å². The number of benzene rings is 1. The van der Waals surface area contributed by atoms with Crippen molar-refractivity contribution in [1.82, 2.24) is 4.98 Å². The molecule has 1 aromatic carbocycles. The minimum Gasteiger partial charge on any atom is -0.324 e. The summed E-state index contributed by atoms with van der Waals surface area (Å²) in [7, 11) is 0. The molecule has 1 aliphatic carbocycles. The van der Waals surface area contributed by atoms with E-state index in [1.165, 1.54) is 23.4 Å². The van der Waals surface area contributed by atoms with Crippen molar-refractivity contribution in [3.05, 3.63) is 40.7 Å². The van der Waals surface area contributed by atoms with E-state index in [2.05, 4.69) is 43.5 Å². The fourth-order valence-electron chi connectivity index (χ4n) is 3.40. The van der Waals surface area contributed by atoms with E-state index in [0.717, 1.165) is 24.5 Å². The molecule has 1 saturated carbocycles. The summed E-state index contributed by atoms with van der Waals surface area (Å²) in [6.45, 7) is 4.65. The van der Waals surface area contributed by atoms with Gasteiger partial charge in [-0.2, -0.15) is 0 Å². The molecule has 0 spiro atoms. The molecule has 112 valence electrons. The van der Waals surface area contributed by atoms with Gasteiger partial charge in [0.05, 0.1) is 10.7 Å². The molecule has 1 heterocycles. The van der Waals surface area contributed by atoms with E-state index in [-0.39, 0.29) is 5.54 Å². The SMILES string of the molecule is CC1CCC(N)(Cc2nc(-c3ccccc3)cs2)C(C)C1. The molecule has 0 radical (unpaired) electrons. The first-order valence-electron chi connectivity index (χ1n) is 7.85. The fourth-order valence-corrected chi connectivity index (χ4v) is 4.33. The topological polar surface area (TPSA) is 38.9 Å². The minimum absolute atomic E-state index is 0.0711. The zero-order valence-corrected chi connectivity index (χ0v) is 13.7. The second-order valence-electron chi connectivity index (χ2n) is 6.68. The molecule has 2 nitrogen and oxygen atoms in total. The summed E-state index contributed by atoms with van der Waals surface area (Å²) < 4.78 is 0. The maximum absolute atomic E-state index is 6.71. The first-order chi connectivity index (χ1) is 10.1. The Morgan fingerprint density at radius 2 is 2.05 bits per heavy atom. The molecule has 1 fully saturated rings. The Kier molecular flexibility index (Phi) is 4.14. The van der Waals surface area contributed by atoms with Crippen LogP contribution in [0, 0.1) is 11.8 Å². The van der Waals surface area contributed by atoms with E-state index in [4.69, 9.17) is 10.7 Å². The summed E-state index contributed by atoms with van der Waals surface area (Å²) in [5.41, 5.74) is 8.91. The number of nitrogens with zero attached hydrogens (tertiary/aromatic N) is 1. The molecule has 0 aliphatic heterocycles. The highest BCUT2D eigenvalue weighted by Gasteiger charge is 2.37. The van der Waals surface area contributed by atoms with E-state index >= 15 is 0 Å². The molecule has 2 aromatic rings. The number of hydrogen-bond acceptors (Lipinski definition) is 3. The van der Waals surface area contributed by atoms with E-state index in [1.54, 1.807) is 11.3 Å². The van der Waals surface area contributed by atoms with E-state index in [0.29, 0.717) is 5.92 Å². The lowest BCUT2D eigenvalue weighted by Crippen LogP contribution is -2.51. The summed E-state index contributed by atoms with van der Waals surface area (Å²) >= 11 is 1.75. The summed E-state index contributed by atoms with van der Waals surface area (Å²) in [5.74, 6) is 1.39. The van der Waals surface area contributed by atoms with Crippen LogP contribution in [0.1, 0.15) is 38.1 Å². The van der Waals surface area contributed by atoms with Gasteiger partial charge in [0.1, 0.15) is 0 Å². The highest BCUT2D eigenvalue weighted by atomic mass is 32.1. The van der Waals surface area contributed by atoms with Crippen LogP contribution >= 0.6 is 11.3 Å². The molecule has 0 bridgehead atoms. The van der Waals surface area contributed by atoms with Gasteiger partial charge >= 0.3 is 0 Å². The first kappa shape index (κ1) is 14.7. The average Bonchev–Trinajstić information content (AvgIpc) is 2.93. The minimum atomic E-state index is -0.0711. The second kappa shape index (κ2) is 5.90. The molecule has 3 heteroatoms. The second-order valence-corrected chi connectivity index (χ2v) is 7.63. The third kappa shape index (κ3) is 3.19.